The van der Waals surface area contributed by atoms with Gasteiger partial charge in [-0.05, 0) is 50.9 Å². The Bertz CT molecular complexity index is 1350. The van der Waals surface area contributed by atoms with Gasteiger partial charge in [-0.2, -0.15) is 8.78 Å². The molecule has 2 atom stereocenters. The van der Waals surface area contributed by atoms with E-state index in [1.54, 1.807) is 42.7 Å². The number of fused-ring (bicyclic) bond motifs is 1. The van der Waals surface area contributed by atoms with Gasteiger partial charge >= 0.3 is 18.0 Å². The van der Waals surface area contributed by atoms with Gasteiger partial charge in [-0.1, -0.05) is 18.2 Å². The molecule has 0 radical (unpaired) electrons. The highest BCUT2D eigenvalue weighted by Crippen LogP contribution is 2.37. The lowest BCUT2D eigenvalue weighted by Crippen LogP contribution is -2.52. The van der Waals surface area contributed by atoms with Gasteiger partial charge < -0.3 is 34.2 Å². The largest absolute Gasteiger partial charge is 0.444 e. The van der Waals surface area contributed by atoms with Crippen LogP contribution in [0.4, 0.5) is 24.2 Å². The Balaban J connectivity index is 1.29. The number of carbonyl (C=O) groups excluding carboxylic acids is 2. The Morgan fingerprint density at radius 2 is 1.79 bits per heavy atom. The fraction of sp³-hybridized carbons (Fsp3) is 0.586. The smallest absolute Gasteiger partial charge is 0.410 e. The maximum absolute atomic E-state index is 15.8. The molecule has 1 unspecified atom stereocenters. The highest BCUT2D eigenvalue weighted by atomic mass is 35.5. The number of carbonyl (C=O) groups is 2. The molecule has 2 saturated heterocycles. The molecule has 1 aromatic heterocycles. The topological polar surface area (TPSA) is 109 Å². The SMILES string of the molecule is C[C@@H](Nc1nc(Cl)nc2c1CN(C(=O)N1CCOCC1)C2)c1cccc(C(F)(F)C2CN(C(=O)OC(C)(C)C)CCO2)c1. The van der Waals surface area contributed by atoms with Crippen LogP contribution in [0.25, 0.3) is 0 Å². The van der Waals surface area contributed by atoms with Crippen molar-refractivity contribution in [1.82, 2.24) is 24.7 Å². The van der Waals surface area contributed by atoms with Crippen molar-refractivity contribution in [2.24, 2.45) is 0 Å². The molecule has 0 bridgehead atoms. The molecule has 1 N–H and O–H groups in total. The Kier molecular flexibility index (Phi) is 8.96. The average molecular weight is 623 g/mol. The fourth-order valence-corrected chi connectivity index (χ4v) is 5.47. The summed E-state index contributed by atoms with van der Waals surface area (Å²) in [6.07, 6.45) is -2.18. The monoisotopic (exact) mass is 622 g/mol. The standard InChI is InChI=1S/C29H37ClF2N6O5/c1-18(33-24-21-15-38(16-22(21)34-25(30)35-24)26(39)36-8-11-41-12-9-36)19-6-5-7-20(14-19)29(31,32)23-17-37(10-13-42-23)27(40)43-28(2,3)4/h5-7,14,18,23H,8-13,15-17H2,1-4H3,(H,33,34,35)/t18-,23?/m1/s1. The Morgan fingerprint density at radius 1 is 1.07 bits per heavy atom. The van der Waals surface area contributed by atoms with Crippen LogP contribution in [-0.2, 0) is 33.2 Å². The Morgan fingerprint density at radius 3 is 2.51 bits per heavy atom. The number of alkyl halides is 2. The van der Waals surface area contributed by atoms with Crippen LogP contribution in [0.2, 0.25) is 5.28 Å². The first-order valence-corrected chi connectivity index (χ1v) is 14.7. The molecule has 43 heavy (non-hydrogen) atoms. The van der Waals surface area contributed by atoms with E-state index in [1.807, 2.05) is 6.92 Å². The van der Waals surface area contributed by atoms with Crippen LogP contribution in [0.5, 0.6) is 0 Å². The van der Waals surface area contributed by atoms with E-state index in [-0.39, 0.29) is 36.6 Å². The first-order chi connectivity index (χ1) is 20.3. The minimum Gasteiger partial charge on any atom is -0.444 e. The van der Waals surface area contributed by atoms with Crippen molar-refractivity contribution in [3.63, 3.8) is 0 Å². The summed E-state index contributed by atoms with van der Waals surface area (Å²) in [6.45, 7) is 9.46. The van der Waals surface area contributed by atoms with Crippen molar-refractivity contribution >= 4 is 29.5 Å². The normalized spacial score (nSPS) is 20.1. The number of amides is 3. The highest BCUT2D eigenvalue weighted by molar-refractivity contribution is 6.28. The molecule has 14 heteroatoms. The summed E-state index contributed by atoms with van der Waals surface area (Å²) < 4.78 is 47.7. The van der Waals surface area contributed by atoms with Crippen LogP contribution in [0.1, 0.15) is 56.1 Å². The third-order valence-electron chi connectivity index (χ3n) is 7.55. The molecular formula is C29H37ClF2N6O5. The van der Waals surface area contributed by atoms with Crippen LogP contribution in [0.15, 0.2) is 24.3 Å². The van der Waals surface area contributed by atoms with Crippen LogP contribution < -0.4 is 5.32 Å². The van der Waals surface area contributed by atoms with E-state index in [2.05, 4.69) is 15.3 Å². The maximum atomic E-state index is 15.8. The van der Waals surface area contributed by atoms with Gasteiger partial charge in [0.2, 0.25) is 5.28 Å². The minimum absolute atomic E-state index is 0.0260. The average Bonchev–Trinajstić information content (AvgIpc) is 3.40. The summed E-state index contributed by atoms with van der Waals surface area (Å²) in [5.41, 5.74) is 0.982. The molecule has 5 rings (SSSR count). The number of morpholine rings is 2. The summed E-state index contributed by atoms with van der Waals surface area (Å²) in [5.74, 6) is -2.93. The number of benzene rings is 1. The number of nitrogens with one attached hydrogen (secondary N) is 1. The third-order valence-corrected chi connectivity index (χ3v) is 7.72. The number of nitrogens with zero attached hydrogens (tertiary/aromatic N) is 5. The van der Waals surface area contributed by atoms with E-state index in [1.165, 1.54) is 17.0 Å². The molecule has 3 aliphatic heterocycles. The molecule has 2 aromatic rings. The van der Waals surface area contributed by atoms with E-state index in [9.17, 15) is 9.59 Å². The van der Waals surface area contributed by atoms with Crippen molar-refractivity contribution < 1.29 is 32.6 Å². The van der Waals surface area contributed by atoms with Gasteiger partial charge in [-0.3, -0.25) is 0 Å². The van der Waals surface area contributed by atoms with Gasteiger partial charge in [0.05, 0.1) is 45.1 Å². The molecule has 4 heterocycles. The van der Waals surface area contributed by atoms with Crippen molar-refractivity contribution in [2.45, 2.75) is 64.5 Å². The minimum atomic E-state index is -3.38. The first-order valence-electron chi connectivity index (χ1n) is 14.3. The molecule has 3 amide bonds. The molecule has 0 aliphatic carbocycles. The molecule has 0 saturated carbocycles. The zero-order chi connectivity index (χ0) is 30.9. The van der Waals surface area contributed by atoms with Crippen LogP contribution in [0, 0.1) is 0 Å². The molecular weight excluding hydrogens is 586 g/mol. The zero-order valence-corrected chi connectivity index (χ0v) is 25.5. The van der Waals surface area contributed by atoms with Gasteiger partial charge in [0, 0.05) is 36.8 Å². The number of rotatable bonds is 5. The summed E-state index contributed by atoms with van der Waals surface area (Å²) in [7, 11) is 0. The van der Waals surface area contributed by atoms with Crippen molar-refractivity contribution in [2.75, 3.05) is 51.3 Å². The second-order valence-electron chi connectivity index (χ2n) is 11.9. The van der Waals surface area contributed by atoms with Crippen molar-refractivity contribution in [1.29, 1.82) is 0 Å². The molecule has 0 spiro atoms. The molecule has 234 valence electrons. The molecule has 11 nitrogen and oxygen atoms in total. The number of hydrogen-bond donors (Lipinski definition) is 1. The maximum Gasteiger partial charge on any atom is 0.410 e. The van der Waals surface area contributed by atoms with Gasteiger partial charge in [0.25, 0.3) is 0 Å². The lowest BCUT2D eigenvalue weighted by Gasteiger charge is -2.37. The number of aromatic nitrogens is 2. The molecule has 1 aromatic carbocycles. The van der Waals surface area contributed by atoms with Crippen LogP contribution in [0.3, 0.4) is 0 Å². The second kappa shape index (κ2) is 12.4. The summed E-state index contributed by atoms with van der Waals surface area (Å²) in [6, 6.07) is 5.52. The van der Waals surface area contributed by atoms with E-state index >= 15 is 8.78 Å². The zero-order valence-electron chi connectivity index (χ0n) is 24.7. The number of ether oxygens (including phenoxy) is 3. The third kappa shape index (κ3) is 7.10. The van der Waals surface area contributed by atoms with Crippen molar-refractivity contribution in [3.05, 3.63) is 51.9 Å². The molecule has 2 fully saturated rings. The number of urea groups is 1. The first kappa shape index (κ1) is 31.1. The van der Waals surface area contributed by atoms with Gasteiger partial charge in [0.15, 0.2) is 0 Å². The van der Waals surface area contributed by atoms with Gasteiger partial charge in [0.1, 0.15) is 17.5 Å². The van der Waals surface area contributed by atoms with Gasteiger partial charge in [-0.25, -0.2) is 19.6 Å². The lowest BCUT2D eigenvalue weighted by molar-refractivity contribution is -0.170. The van der Waals surface area contributed by atoms with E-state index in [0.717, 1.165) is 5.56 Å². The number of halogens is 3. The summed E-state index contributed by atoms with van der Waals surface area (Å²) >= 11 is 6.23. The predicted octanol–water partition coefficient (Wildman–Crippen LogP) is 4.80. The van der Waals surface area contributed by atoms with Crippen LogP contribution >= 0.6 is 11.6 Å². The fourth-order valence-electron chi connectivity index (χ4n) is 5.28. The number of hydrogen-bond acceptors (Lipinski definition) is 8. The molecule has 3 aliphatic rings. The lowest BCUT2D eigenvalue weighted by atomic mass is 9.97. The van der Waals surface area contributed by atoms with Gasteiger partial charge in [-0.15, -0.1) is 0 Å². The van der Waals surface area contributed by atoms with E-state index < -0.39 is 29.8 Å². The Hall–Kier alpha value is -3.29. The van der Waals surface area contributed by atoms with Crippen molar-refractivity contribution in [3.8, 4) is 0 Å². The predicted molar refractivity (Wildman–Crippen MR) is 154 cm³/mol. The van der Waals surface area contributed by atoms with Crippen LogP contribution in [-0.4, -0.2) is 94.5 Å². The summed E-state index contributed by atoms with van der Waals surface area (Å²) in [4.78, 5) is 39.0. The summed E-state index contributed by atoms with van der Waals surface area (Å²) in [5, 5.41) is 3.31. The second-order valence-corrected chi connectivity index (χ2v) is 12.2. The number of anilines is 1. The van der Waals surface area contributed by atoms with E-state index in [4.69, 9.17) is 25.8 Å². The van der Waals surface area contributed by atoms with E-state index in [0.29, 0.717) is 56.5 Å². The highest BCUT2D eigenvalue weighted by Gasteiger charge is 2.46. The quantitative estimate of drug-likeness (QED) is 0.474. The Labute approximate surface area is 254 Å².